The first kappa shape index (κ1) is 13.0. The van der Waals surface area contributed by atoms with Crippen LogP contribution in [0.25, 0.3) is 0 Å². The van der Waals surface area contributed by atoms with Gasteiger partial charge in [-0.1, -0.05) is 0 Å². The molecule has 0 N–H and O–H groups in total. The molecule has 1 rings (SSSR count). The number of carbonyl (C=O) groups excluding carboxylic acids is 1. The van der Waals surface area contributed by atoms with Crippen LogP contribution < -0.4 is 0 Å². The van der Waals surface area contributed by atoms with Gasteiger partial charge in [0, 0.05) is 0 Å². The Bertz CT molecular complexity index is 361. The van der Waals surface area contributed by atoms with Gasteiger partial charge in [0.15, 0.2) is 0 Å². The molecule has 0 bridgehead atoms. The van der Waals surface area contributed by atoms with Crippen LogP contribution in [0.15, 0.2) is 23.0 Å². The molecule has 0 saturated carbocycles. The molecule has 0 spiro atoms. The zero-order chi connectivity index (χ0) is 12.0. The topological polar surface area (TPSA) is 75.0 Å². The number of furan rings is 1. The van der Waals surface area contributed by atoms with Gasteiger partial charge in [-0.05, 0) is 19.9 Å². The highest BCUT2D eigenvalue weighted by atomic mass is 31.2. The molecule has 0 aliphatic rings. The molecule has 90 valence electrons. The van der Waals surface area contributed by atoms with Crippen LogP contribution in [0.2, 0.25) is 0 Å². The molecule has 1 aromatic rings. The van der Waals surface area contributed by atoms with E-state index in [1.165, 1.54) is 18.6 Å². The lowest BCUT2D eigenvalue weighted by atomic mass is 10.4. The van der Waals surface area contributed by atoms with E-state index in [0.717, 1.165) is 0 Å². The Morgan fingerprint density at radius 2 is 2.00 bits per heavy atom. The number of carbonyl (C=O) groups is 1. The summed E-state index contributed by atoms with van der Waals surface area (Å²) < 4.78 is 30.8. The highest BCUT2D eigenvalue weighted by molar-refractivity contribution is 7.49. The molecule has 7 heteroatoms. The van der Waals surface area contributed by atoms with Gasteiger partial charge in [0.25, 0.3) is 0 Å². The number of rotatable bonds is 6. The van der Waals surface area contributed by atoms with Crippen LogP contribution in [-0.2, 0) is 18.1 Å². The molecule has 0 aliphatic heterocycles. The Hall–Kier alpha value is -1.10. The first-order valence-corrected chi connectivity index (χ1v) is 6.22. The van der Waals surface area contributed by atoms with E-state index >= 15 is 0 Å². The molecule has 0 saturated heterocycles. The summed E-state index contributed by atoms with van der Waals surface area (Å²) >= 11 is 0. The summed E-state index contributed by atoms with van der Waals surface area (Å²) in [4.78, 5) is 11.5. The Balaban J connectivity index is 2.69. The summed E-state index contributed by atoms with van der Waals surface area (Å²) in [6.45, 7) is 3.49. The maximum Gasteiger partial charge on any atom is 0.532 e. The first-order chi connectivity index (χ1) is 7.61. The van der Waals surface area contributed by atoms with Gasteiger partial charge in [-0.3, -0.25) is 9.05 Å². The molecule has 0 aromatic carbocycles. The van der Waals surface area contributed by atoms with Gasteiger partial charge >= 0.3 is 13.8 Å². The standard InChI is InChI=1S/C9H13O6P/c1-3-13-16(11,14-4-2)15-9(10)8-5-6-12-7-8/h5-7H,3-4H2,1-2H3. The van der Waals surface area contributed by atoms with E-state index in [0.29, 0.717) is 0 Å². The van der Waals surface area contributed by atoms with Gasteiger partial charge in [-0.15, -0.1) is 0 Å². The second-order valence-electron chi connectivity index (χ2n) is 2.67. The normalized spacial score (nSPS) is 11.4. The monoisotopic (exact) mass is 248 g/mol. The van der Waals surface area contributed by atoms with Crippen LogP contribution in [0.1, 0.15) is 24.2 Å². The van der Waals surface area contributed by atoms with Crippen molar-refractivity contribution in [3.63, 3.8) is 0 Å². The molecule has 1 heterocycles. The third kappa shape index (κ3) is 3.48. The van der Waals surface area contributed by atoms with E-state index in [9.17, 15) is 9.36 Å². The van der Waals surface area contributed by atoms with E-state index in [-0.39, 0.29) is 18.8 Å². The maximum atomic E-state index is 11.8. The fraction of sp³-hybridized carbons (Fsp3) is 0.444. The third-order valence-electron chi connectivity index (χ3n) is 1.53. The molecule has 1 aromatic heterocycles. The van der Waals surface area contributed by atoms with Gasteiger partial charge in [-0.2, -0.15) is 0 Å². The second kappa shape index (κ2) is 5.84. The van der Waals surface area contributed by atoms with Crippen molar-refractivity contribution >= 4 is 13.8 Å². The SMILES string of the molecule is CCOP(=O)(OCC)OC(=O)c1ccoc1. The van der Waals surface area contributed by atoms with Gasteiger partial charge in [-0.25, -0.2) is 9.36 Å². The average molecular weight is 248 g/mol. The smallest absolute Gasteiger partial charge is 0.472 e. The highest BCUT2D eigenvalue weighted by Crippen LogP contribution is 2.49. The van der Waals surface area contributed by atoms with Crippen molar-refractivity contribution < 1.29 is 27.3 Å². The lowest BCUT2D eigenvalue weighted by molar-refractivity contribution is 0.0605. The van der Waals surface area contributed by atoms with Gasteiger partial charge in [0.1, 0.15) is 6.26 Å². The van der Waals surface area contributed by atoms with Crippen LogP contribution in [0.5, 0.6) is 0 Å². The summed E-state index contributed by atoms with van der Waals surface area (Å²) in [5.41, 5.74) is 0.152. The lowest BCUT2D eigenvalue weighted by Gasteiger charge is -2.14. The van der Waals surface area contributed by atoms with Crippen molar-refractivity contribution in [2.45, 2.75) is 13.8 Å². The summed E-state index contributed by atoms with van der Waals surface area (Å²) in [5, 5.41) is 0. The fourth-order valence-electron chi connectivity index (χ4n) is 0.941. The van der Waals surface area contributed by atoms with Crippen LogP contribution in [0, 0.1) is 0 Å². The zero-order valence-electron chi connectivity index (χ0n) is 9.04. The summed E-state index contributed by atoms with van der Waals surface area (Å²) in [6, 6.07) is 1.39. The molecule has 0 aliphatic carbocycles. The Kier molecular flexibility index (Phi) is 4.73. The third-order valence-corrected chi connectivity index (χ3v) is 3.06. The molecule has 0 radical (unpaired) electrons. The van der Waals surface area contributed by atoms with Crippen LogP contribution in [-0.4, -0.2) is 19.2 Å². The molecule has 0 atom stereocenters. The van der Waals surface area contributed by atoms with Crippen LogP contribution >= 0.6 is 7.82 Å². The van der Waals surface area contributed by atoms with Crippen molar-refractivity contribution in [2.75, 3.05) is 13.2 Å². The van der Waals surface area contributed by atoms with Gasteiger partial charge in [0.2, 0.25) is 0 Å². The first-order valence-electron chi connectivity index (χ1n) is 4.76. The lowest BCUT2D eigenvalue weighted by Crippen LogP contribution is -2.06. The van der Waals surface area contributed by atoms with Crippen molar-refractivity contribution in [1.82, 2.24) is 0 Å². The highest BCUT2D eigenvalue weighted by Gasteiger charge is 2.30. The second-order valence-corrected chi connectivity index (χ2v) is 4.27. The van der Waals surface area contributed by atoms with Crippen molar-refractivity contribution in [3.05, 3.63) is 24.2 Å². The Morgan fingerprint density at radius 3 is 2.44 bits per heavy atom. The molecular formula is C9H13O6P. The van der Waals surface area contributed by atoms with Crippen molar-refractivity contribution in [2.24, 2.45) is 0 Å². The quantitative estimate of drug-likeness (QED) is 0.720. The number of phosphoric ester groups is 1. The number of hydrogen-bond acceptors (Lipinski definition) is 6. The summed E-state index contributed by atoms with van der Waals surface area (Å²) in [6.07, 6.45) is 2.49. The molecule has 6 nitrogen and oxygen atoms in total. The van der Waals surface area contributed by atoms with Crippen molar-refractivity contribution in [1.29, 1.82) is 0 Å². The van der Waals surface area contributed by atoms with Crippen LogP contribution in [0.3, 0.4) is 0 Å². The van der Waals surface area contributed by atoms with E-state index < -0.39 is 13.8 Å². The molecular weight excluding hydrogens is 235 g/mol. The van der Waals surface area contributed by atoms with Crippen LogP contribution in [0.4, 0.5) is 0 Å². The van der Waals surface area contributed by atoms with E-state index in [2.05, 4.69) is 4.52 Å². The minimum absolute atomic E-state index is 0.121. The molecule has 16 heavy (non-hydrogen) atoms. The largest absolute Gasteiger partial charge is 0.532 e. The predicted molar refractivity (Wildman–Crippen MR) is 55.0 cm³/mol. The Labute approximate surface area is 93.1 Å². The summed E-state index contributed by atoms with van der Waals surface area (Å²) in [5.74, 6) is -0.806. The summed E-state index contributed by atoms with van der Waals surface area (Å²) in [7, 11) is -3.81. The van der Waals surface area contributed by atoms with Gasteiger partial charge < -0.3 is 8.94 Å². The van der Waals surface area contributed by atoms with Gasteiger partial charge in [0.05, 0.1) is 25.0 Å². The molecule has 0 unspecified atom stereocenters. The van der Waals surface area contributed by atoms with E-state index in [1.807, 2.05) is 0 Å². The predicted octanol–water partition coefficient (Wildman–Crippen LogP) is 2.62. The van der Waals surface area contributed by atoms with Crippen molar-refractivity contribution in [3.8, 4) is 0 Å². The minimum Gasteiger partial charge on any atom is -0.472 e. The fourth-order valence-corrected chi connectivity index (χ4v) is 2.06. The number of hydrogen-bond donors (Lipinski definition) is 0. The molecule has 0 fully saturated rings. The molecule has 0 amide bonds. The van der Waals surface area contributed by atoms with E-state index in [4.69, 9.17) is 13.5 Å². The Morgan fingerprint density at radius 1 is 1.38 bits per heavy atom. The minimum atomic E-state index is -3.81. The number of phosphoric acid groups is 1. The zero-order valence-corrected chi connectivity index (χ0v) is 9.94. The van der Waals surface area contributed by atoms with E-state index in [1.54, 1.807) is 13.8 Å². The maximum absolute atomic E-state index is 11.8. The average Bonchev–Trinajstić information content (AvgIpc) is 2.70.